The van der Waals surface area contributed by atoms with E-state index in [1.165, 1.54) is 5.92 Å². The Morgan fingerprint density at radius 2 is 2.00 bits per heavy atom. The number of hydrogen-bond donors (Lipinski definition) is 0. The zero-order valence-electron chi connectivity index (χ0n) is 4.15. The van der Waals surface area contributed by atoms with Gasteiger partial charge in [0.25, 0.3) is 0 Å². The maximum atomic E-state index is 7.97. The van der Waals surface area contributed by atoms with Gasteiger partial charge in [0.15, 0.2) is 0 Å². The third kappa shape index (κ3) is 10.7. The van der Waals surface area contributed by atoms with Crippen molar-refractivity contribution in [3.8, 4) is 6.07 Å². The summed E-state index contributed by atoms with van der Waals surface area (Å²) in [5, 5.41) is 7.97. The van der Waals surface area contributed by atoms with Crippen LogP contribution in [0.15, 0.2) is 0 Å². The average Bonchev–Trinajstić information content (AvgIpc) is 1.35. The SMILES string of the molecule is C[C](C)CC#N.[SiH4]. The van der Waals surface area contributed by atoms with Crippen molar-refractivity contribution in [1.82, 2.24) is 0 Å². The smallest absolute Gasteiger partial charge is 0.0627 e. The lowest BCUT2D eigenvalue weighted by molar-refractivity contribution is 1.000. The molecule has 0 aromatic rings. The van der Waals surface area contributed by atoms with Gasteiger partial charge in [-0.25, -0.2) is 0 Å². The van der Waals surface area contributed by atoms with E-state index < -0.39 is 0 Å². The molecule has 0 saturated heterocycles. The average molecular weight is 114 g/mol. The summed E-state index contributed by atoms with van der Waals surface area (Å²) in [6.45, 7) is 3.90. The van der Waals surface area contributed by atoms with Crippen LogP contribution in [0, 0.1) is 17.2 Å². The molecule has 0 saturated carbocycles. The maximum Gasteiger partial charge on any atom is 0.0627 e. The van der Waals surface area contributed by atoms with Crippen LogP contribution < -0.4 is 0 Å². The van der Waals surface area contributed by atoms with Crippen molar-refractivity contribution in [2.75, 3.05) is 0 Å². The minimum Gasteiger partial charge on any atom is -0.198 e. The van der Waals surface area contributed by atoms with Gasteiger partial charge in [-0.3, -0.25) is 0 Å². The third-order valence-electron chi connectivity index (χ3n) is 0.433. The molecule has 0 rings (SSSR count). The summed E-state index contributed by atoms with van der Waals surface area (Å²) in [5.74, 6) is 1.18. The first kappa shape index (κ1) is 9.86. The molecule has 0 bridgehead atoms. The Bertz CT molecular complexity index is 63.0. The molecular weight excluding hydrogens is 102 g/mol. The first-order valence-corrected chi connectivity index (χ1v) is 1.93. The van der Waals surface area contributed by atoms with E-state index in [1.54, 1.807) is 0 Å². The van der Waals surface area contributed by atoms with Crippen molar-refractivity contribution in [3.63, 3.8) is 0 Å². The Hall–Kier alpha value is -0.293. The summed E-state index contributed by atoms with van der Waals surface area (Å²) in [6, 6.07) is 2.03. The molecule has 0 unspecified atom stereocenters. The Kier molecular flexibility index (Phi) is 8.04. The lowest BCUT2D eigenvalue weighted by atomic mass is 10.2. The highest BCUT2D eigenvalue weighted by molar-refractivity contribution is 5.75. The highest BCUT2D eigenvalue weighted by Crippen LogP contribution is 1.97. The lowest BCUT2D eigenvalue weighted by Crippen LogP contribution is -1.76. The fourth-order valence-corrected chi connectivity index (χ4v) is 0.158. The van der Waals surface area contributed by atoms with Gasteiger partial charge in [-0.05, 0) is 16.9 Å². The monoisotopic (exact) mass is 114 g/mol. The molecule has 0 heterocycles. The molecule has 0 aliphatic heterocycles. The Morgan fingerprint density at radius 1 is 1.57 bits per heavy atom. The molecule has 0 aromatic heterocycles. The molecule has 0 N–H and O–H groups in total. The Labute approximate surface area is 49.4 Å². The third-order valence-corrected chi connectivity index (χ3v) is 0.433. The molecule has 0 atom stereocenters. The van der Waals surface area contributed by atoms with Gasteiger partial charge in [0.2, 0.25) is 0 Å². The zero-order chi connectivity index (χ0) is 4.99. The second-order valence-corrected chi connectivity index (χ2v) is 1.54. The van der Waals surface area contributed by atoms with Gasteiger partial charge in [-0.15, -0.1) is 0 Å². The van der Waals surface area contributed by atoms with E-state index in [0.717, 1.165) is 0 Å². The normalized spacial score (nSPS) is 7.14. The molecule has 41 valence electrons. The molecule has 0 aliphatic carbocycles. The van der Waals surface area contributed by atoms with E-state index in [0.29, 0.717) is 6.42 Å². The molecule has 1 radical (unpaired) electrons. The zero-order valence-corrected chi connectivity index (χ0v) is 4.15. The minimum absolute atomic E-state index is 0. The molecular formula is C5H12NSi. The van der Waals surface area contributed by atoms with Crippen molar-refractivity contribution in [1.29, 1.82) is 5.26 Å². The fraction of sp³-hybridized carbons (Fsp3) is 0.600. The summed E-state index contributed by atoms with van der Waals surface area (Å²) >= 11 is 0. The van der Waals surface area contributed by atoms with E-state index in [4.69, 9.17) is 5.26 Å². The van der Waals surface area contributed by atoms with Gasteiger partial charge >= 0.3 is 0 Å². The van der Waals surface area contributed by atoms with Gasteiger partial charge in [0.05, 0.1) is 6.07 Å². The van der Waals surface area contributed by atoms with Crippen molar-refractivity contribution in [2.24, 2.45) is 0 Å². The fourth-order valence-electron chi connectivity index (χ4n) is 0.158. The van der Waals surface area contributed by atoms with Crippen molar-refractivity contribution in [3.05, 3.63) is 5.92 Å². The minimum atomic E-state index is 0. The maximum absolute atomic E-state index is 7.97. The van der Waals surface area contributed by atoms with Crippen LogP contribution in [0.5, 0.6) is 0 Å². The van der Waals surface area contributed by atoms with Crippen LogP contribution in [0.25, 0.3) is 0 Å². The highest BCUT2D eigenvalue weighted by Gasteiger charge is 1.86. The van der Waals surface area contributed by atoms with Gasteiger partial charge in [0.1, 0.15) is 0 Å². The van der Waals surface area contributed by atoms with Gasteiger partial charge in [-0.1, -0.05) is 13.8 Å². The second kappa shape index (κ2) is 5.71. The largest absolute Gasteiger partial charge is 0.198 e. The van der Waals surface area contributed by atoms with E-state index in [-0.39, 0.29) is 11.0 Å². The van der Waals surface area contributed by atoms with Crippen LogP contribution in [0.2, 0.25) is 0 Å². The van der Waals surface area contributed by atoms with Crippen LogP contribution in [-0.2, 0) is 0 Å². The number of rotatable bonds is 1. The Balaban J connectivity index is 0. The summed E-state index contributed by atoms with van der Waals surface area (Å²) < 4.78 is 0. The lowest BCUT2D eigenvalue weighted by Gasteiger charge is -1.87. The van der Waals surface area contributed by atoms with Crippen molar-refractivity contribution >= 4 is 11.0 Å². The highest BCUT2D eigenvalue weighted by atomic mass is 28.1. The predicted octanol–water partition coefficient (Wildman–Crippen LogP) is 0.0628. The summed E-state index contributed by atoms with van der Waals surface area (Å²) in [7, 11) is 0. The molecule has 0 amide bonds. The number of nitriles is 1. The standard InChI is InChI=1S/C5H8N.H4Si/c1-5(2)3-4-6;/h3H2,1-2H3;1H4. The summed E-state index contributed by atoms with van der Waals surface area (Å²) in [6.07, 6.45) is 0.597. The predicted molar refractivity (Wildman–Crippen MR) is 36.2 cm³/mol. The number of nitrogens with zero attached hydrogens (tertiary/aromatic N) is 1. The van der Waals surface area contributed by atoms with Crippen LogP contribution in [0.3, 0.4) is 0 Å². The first-order chi connectivity index (χ1) is 2.77. The molecule has 0 aliphatic rings. The van der Waals surface area contributed by atoms with Crippen LogP contribution in [0.4, 0.5) is 0 Å². The van der Waals surface area contributed by atoms with Crippen LogP contribution in [0.1, 0.15) is 20.3 Å². The van der Waals surface area contributed by atoms with Crippen LogP contribution in [-0.4, -0.2) is 11.0 Å². The molecule has 0 spiro atoms. The Morgan fingerprint density at radius 3 is 2.00 bits per heavy atom. The molecule has 7 heavy (non-hydrogen) atoms. The van der Waals surface area contributed by atoms with Gasteiger partial charge < -0.3 is 0 Å². The molecule has 0 aromatic carbocycles. The summed E-state index contributed by atoms with van der Waals surface area (Å²) in [4.78, 5) is 0. The van der Waals surface area contributed by atoms with E-state index in [2.05, 4.69) is 0 Å². The van der Waals surface area contributed by atoms with Crippen LogP contribution >= 0.6 is 0 Å². The second-order valence-electron chi connectivity index (χ2n) is 1.54. The molecule has 2 heteroatoms. The topological polar surface area (TPSA) is 23.8 Å². The quantitative estimate of drug-likeness (QED) is 0.442. The number of hydrogen-bond acceptors (Lipinski definition) is 1. The van der Waals surface area contributed by atoms with Gasteiger partial charge in [0, 0.05) is 6.42 Å². The van der Waals surface area contributed by atoms with E-state index in [9.17, 15) is 0 Å². The van der Waals surface area contributed by atoms with Crippen molar-refractivity contribution < 1.29 is 0 Å². The molecule has 1 nitrogen and oxygen atoms in total. The van der Waals surface area contributed by atoms with E-state index >= 15 is 0 Å². The molecule has 0 fully saturated rings. The van der Waals surface area contributed by atoms with Crippen molar-refractivity contribution in [2.45, 2.75) is 20.3 Å². The summed E-state index contributed by atoms with van der Waals surface area (Å²) in [5.41, 5.74) is 0. The van der Waals surface area contributed by atoms with E-state index in [1.807, 2.05) is 19.9 Å². The first-order valence-electron chi connectivity index (χ1n) is 1.93. The van der Waals surface area contributed by atoms with Gasteiger partial charge in [-0.2, -0.15) is 5.26 Å².